The average molecular weight is 1830 g/mol. The molecule has 4 rings (SSSR count). The van der Waals surface area contributed by atoms with Gasteiger partial charge in [-0.1, -0.05) is 206 Å². The lowest BCUT2D eigenvalue weighted by molar-refractivity contribution is -0.350. The number of aliphatic hydroxyl groups is 15. The van der Waals surface area contributed by atoms with Crippen LogP contribution >= 0.6 is 7.82 Å². The third kappa shape index (κ3) is 37.0. The van der Waals surface area contributed by atoms with E-state index >= 15 is 0 Å². The topological polar surface area (TPSA) is 671 Å². The molecule has 4 fully saturated rings. The second-order valence-electron chi connectivity index (χ2n) is 33.2. The van der Waals surface area contributed by atoms with E-state index in [1.165, 1.54) is 109 Å². The van der Waals surface area contributed by atoms with Gasteiger partial charge < -0.3 is 161 Å². The minimum absolute atomic E-state index is 0.0137. The van der Waals surface area contributed by atoms with Gasteiger partial charge in [-0.05, 0) is 19.3 Å². The monoisotopic (exact) mass is 1830 g/mol. The summed E-state index contributed by atoms with van der Waals surface area (Å²) in [4.78, 5) is 105. The van der Waals surface area contributed by atoms with Crippen molar-refractivity contribution in [1.29, 1.82) is 0 Å². The van der Waals surface area contributed by atoms with Crippen molar-refractivity contribution in [3.8, 4) is 0 Å². The fraction of sp³-hybridized carbons (Fsp3) is 0.890. The van der Waals surface area contributed by atoms with Crippen molar-refractivity contribution in [1.82, 2.24) is 21.3 Å². The number of nitrogens with one attached hydrogen (secondary N) is 4. The second kappa shape index (κ2) is 58.8. The molecule has 728 valence electrons. The highest BCUT2D eigenvalue weighted by atomic mass is 31.2. The van der Waals surface area contributed by atoms with Crippen molar-refractivity contribution in [2.24, 2.45) is 0 Å². The Bertz CT molecular complexity index is 3180. The van der Waals surface area contributed by atoms with Crippen LogP contribution in [0.2, 0.25) is 0 Å². The number of phosphoric ester groups is 1. The minimum Gasteiger partial charge on any atom is -0.477 e. The Kier molecular flexibility index (Phi) is 53.0. The summed E-state index contributed by atoms with van der Waals surface area (Å²) in [5.74, 6) is -21.2. The molecule has 3 saturated heterocycles. The Labute approximate surface area is 730 Å². The number of hydrogen-bond donors (Lipinski definition) is 23. The van der Waals surface area contributed by atoms with Crippen molar-refractivity contribution < 1.29 is 187 Å². The molecule has 43 heteroatoms. The fourth-order valence-corrected chi connectivity index (χ4v) is 16.8. The summed E-state index contributed by atoms with van der Waals surface area (Å²) >= 11 is 0. The smallest absolute Gasteiger partial charge is 0.472 e. The van der Waals surface area contributed by atoms with Crippen LogP contribution in [-0.2, 0) is 89.8 Å². The Morgan fingerprint density at radius 1 is 0.432 bits per heavy atom. The average Bonchev–Trinajstić information content (AvgIpc) is 0.759. The van der Waals surface area contributed by atoms with Gasteiger partial charge in [0, 0.05) is 47.0 Å². The van der Waals surface area contributed by atoms with Gasteiger partial charge in [0.05, 0.1) is 75.0 Å². The lowest BCUT2D eigenvalue weighted by Gasteiger charge is -2.50. The van der Waals surface area contributed by atoms with E-state index in [2.05, 4.69) is 35.1 Å². The highest BCUT2D eigenvalue weighted by Gasteiger charge is 2.63. The summed E-state index contributed by atoms with van der Waals surface area (Å²) in [6, 6.07) is -7.45. The maximum Gasteiger partial charge on any atom is 0.472 e. The van der Waals surface area contributed by atoms with Crippen molar-refractivity contribution in [2.45, 2.75) is 396 Å². The molecule has 0 radical (unpaired) electrons. The number of unbranched alkanes of at least 4 members (excludes halogenated alkanes) is 29. The van der Waals surface area contributed by atoms with Gasteiger partial charge in [-0.25, -0.2) is 18.9 Å². The first-order valence-electron chi connectivity index (χ1n) is 44.2. The van der Waals surface area contributed by atoms with Gasteiger partial charge in [0.2, 0.25) is 23.6 Å². The molecule has 4 amide bonds. The third-order valence-electron chi connectivity index (χ3n) is 23.0. The Hall–Kier alpha value is -4.82. The van der Waals surface area contributed by atoms with Crippen molar-refractivity contribution >= 4 is 49.4 Å². The molecule has 4 aliphatic rings. The van der Waals surface area contributed by atoms with Crippen LogP contribution in [0.3, 0.4) is 0 Å². The number of methoxy groups -OCH3 is 3. The van der Waals surface area contributed by atoms with Gasteiger partial charge in [-0.3, -0.25) is 28.2 Å². The molecule has 1 aliphatic carbocycles. The number of aliphatic hydroxyl groups excluding tert-OH is 15. The molecule has 27 unspecified atom stereocenters. The highest BCUT2D eigenvalue weighted by Crippen LogP contribution is 2.49. The molecule has 1 saturated carbocycles. The standard InChI is InChI=1S/C82H147N4O38P/c1-6-8-10-12-14-16-18-19-20-21-22-23-24-25-26-27-29-31-33-35-37-39-58(95)83-50(51(88)38-36-34-32-30-28-17-15-13-11-9-7-2)44-119-125(112,113)124-76-70(104)68(102)69(103)75(71(76)105)123-82(79(110)111)42-54(91)64(74(122-82)67(101)57(94)47-116-5)86-61(98)49-118-81(78(108)109)41-53(90)63(73(121-81)66(100)56(93)46-115-4)85-60(97)48-117-80(77(106)107)40-52(89)62(84-59(96)43-87)72(120-80)65(99)55(92)45-114-3/h36,38,50-57,62-76,87-94,99-105H,6-35,37,39-49H2,1-5H3,(H,83,95)(H,84,96)(H,85,97)(H,86,98)(H,106,107)(H,108,109)(H,110,111)(H,112,113). The zero-order valence-electron chi connectivity index (χ0n) is 72.8. The maximum atomic E-state index is 14.1. The minimum atomic E-state index is -5.70. The first-order valence-corrected chi connectivity index (χ1v) is 45.7. The summed E-state index contributed by atoms with van der Waals surface area (Å²) in [5.41, 5.74) is 0. The number of ether oxygens (including phenoxy) is 9. The van der Waals surface area contributed by atoms with Crippen LogP contribution in [-0.4, -0.2) is 363 Å². The molecule has 0 aromatic rings. The van der Waals surface area contributed by atoms with E-state index in [4.69, 9.17) is 51.7 Å². The largest absolute Gasteiger partial charge is 0.477 e. The number of allylic oxidation sites excluding steroid dienone is 1. The van der Waals surface area contributed by atoms with Crippen LogP contribution in [0, 0.1) is 0 Å². The van der Waals surface area contributed by atoms with Gasteiger partial charge in [0.25, 0.3) is 17.4 Å². The fourth-order valence-electron chi connectivity index (χ4n) is 15.8. The van der Waals surface area contributed by atoms with Gasteiger partial charge in [-0.2, -0.15) is 0 Å². The number of phosphoric acid groups is 1. The Morgan fingerprint density at radius 2 is 0.760 bits per heavy atom. The molecule has 125 heavy (non-hydrogen) atoms. The normalized spacial score (nSPS) is 29.7. The van der Waals surface area contributed by atoms with Gasteiger partial charge >= 0.3 is 25.7 Å². The van der Waals surface area contributed by atoms with E-state index in [1.807, 2.05) is 0 Å². The van der Waals surface area contributed by atoms with Crippen LogP contribution in [0.1, 0.15) is 239 Å². The zero-order valence-corrected chi connectivity index (χ0v) is 73.7. The van der Waals surface area contributed by atoms with E-state index in [9.17, 15) is 135 Å². The summed E-state index contributed by atoms with van der Waals surface area (Å²) in [6.45, 7) is -2.96. The molecule has 0 aromatic heterocycles. The third-order valence-corrected chi connectivity index (χ3v) is 24.0. The van der Waals surface area contributed by atoms with Gasteiger partial charge in [-0.15, -0.1) is 0 Å². The van der Waals surface area contributed by atoms with E-state index in [0.29, 0.717) is 12.8 Å². The number of carboxylic acid groups (broad SMARTS) is 3. The lowest BCUT2D eigenvalue weighted by atomic mass is 9.84. The number of rotatable bonds is 67. The van der Waals surface area contributed by atoms with Gasteiger partial charge in [0.1, 0.15) is 111 Å². The Morgan fingerprint density at radius 3 is 1.11 bits per heavy atom. The molecule has 3 aliphatic heterocycles. The second-order valence-corrected chi connectivity index (χ2v) is 34.6. The highest BCUT2D eigenvalue weighted by molar-refractivity contribution is 7.47. The van der Waals surface area contributed by atoms with Crippen LogP contribution in [0.4, 0.5) is 0 Å². The molecule has 42 nitrogen and oxygen atoms in total. The zero-order chi connectivity index (χ0) is 93.0. The predicted molar refractivity (Wildman–Crippen MR) is 440 cm³/mol. The molecule has 0 aromatic carbocycles. The number of hydrogen-bond acceptors (Lipinski definition) is 34. The number of carbonyl (C=O) groups is 7. The number of amides is 4. The molecule has 0 spiro atoms. The van der Waals surface area contributed by atoms with Crippen LogP contribution in [0.25, 0.3) is 0 Å². The predicted octanol–water partition coefficient (Wildman–Crippen LogP) is -0.368. The maximum absolute atomic E-state index is 14.1. The SMILES string of the molecule is CCCCCCCCCCCC=CC(O)C(COP(=O)(O)OC1C(O)C(O)C(O)C(OC2(C(=O)O)CC(O)C(NC(=O)COC3(C(=O)O)CC(O)C(NC(=O)COC4(C(=O)O)CC(O)C(NC(=O)CO)C(C(O)C(O)COC)O4)C(C(O)C(O)COC)O3)C(C(O)C(O)COC)O2)C1O)NC(=O)CCCCCCCCCCCCCCCCCCCCCCC. The number of carboxylic acids is 3. The van der Waals surface area contributed by atoms with Crippen LogP contribution in [0.5, 0.6) is 0 Å². The van der Waals surface area contributed by atoms with Crippen LogP contribution < -0.4 is 21.3 Å². The lowest BCUT2D eigenvalue weighted by Crippen LogP contribution is -2.71. The summed E-state index contributed by atoms with van der Waals surface area (Å²) in [6.07, 6.45) is -10.2. The molecule has 23 N–H and O–H groups in total. The van der Waals surface area contributed by atoms with E-state index in [0.717, 1.165) is 105 Å². The first kappa shape index (κ1) is 113. The van der Waals surface area contributed by atoms with E-state index < -0.39 is 272 Å². The molecule has 27 atom stereocenters. The quantitative estimate of drug-likeness (QED) is 0.0210. The summed E-state index contributed by atoms with van der Waals surface area (Å²) in [7, 11) is -2.51. The number of carbonyl (C=O) groups excluding carboxylic acids is 4. The van der Waals surface area contributed by atoms with Crippen LogP contribution in [0.15, 0.2) is 12.2 Å². The van der Waals surface area contributed by atoms with Crippen molar-refractivity contribution in [2.75, 3.05) is 67.6 Å². The van der Waals surface area contributed by atoms with E-state index in [-0.39, 0.29) is 6.42 Å². The van der Waals surface area contributed by atoms with E-state index in [1.54, 1.807) is 6.08 Å². The van der Waals surface area contributed by atoms with Crippen molar-refractivity contribution in [3.05, 3.63) is 12.2 Å². The summed E-state index contributed by atoms with van der Waals surface area (Å²) < 4.78 is 72.7. The molecular formula is C82H147N4O38P. The number of aliphatic carboxylic acids is 3. The van der Waals surface area contributed by atoms with Gasteiger partial charge in [0.15, 0.2) is 0 Å². The molecule has 0 bridgehead atoms. The molecular weight excluding hydrogens is 1680 g/mol. The summed E-state index contributed by atoms with van der Waals surface area (Å²) in [5, 5.41) is 209. The van der Waals surface area contributed by atoms with Crippen molar-refractivity contribution in [3.63, 3.8) is 0 Å². The molecule has 3 heterocycles. The Balaban J connectivity index is 1.49. The first-order chi connectivity index (χ1) is 59.4.